The standard InChI is InChI=1S/C22H27FN2O4S/c1-16-6-3-4-8-21(16)29-15-17(2)24-22(26)18-7-5-13-25(14-18)30(27,28)20-11-9-19(23)10-12-20/h3-4,6,8-12,17-18H,5,7,13-15H2,1-2H3,(H,24,26)/t17-,18-/m1/s1. The van der Waals surface area contributed by atoms with Crippen LogP contribution in [0.4, 0.5) is 4.39 Å². The fraction of sp³-hybridized carbons (Fsp3) is 0.409. The highest BCUT2D eigenvalue weighted by Crippen LogP contribution is 2.24. The molecule has 0 unspecified atom stereocenters. The van der Waals surface area contributed by atoms with Crippen LogP contribution in [0.25, 0.3) is 0 Å². The van der Waals surface area contributed by atoms with E-state index in [-0.39, 0.29) is 23.4 Å². The third kappa shape index (κ3) is 5.37. The lowest BCUT2D eigenvalue weighted by Gasteiger charge is -2.31. The van der Waals surface area contributed by atoms with E-state index >= 15 is 0 Å². The first kappa shape index (κ1) is 22.2. The normalized spacial score (nSPS) is 18.6. The Labute approximate surface area is 177 Å². The van der Waals surface area contributed by atoms with Crippen molar-refractivity contribution < 1.29 is 22.3 Å². The molecule has 8 heteroatoms. The fourth-order valence-electron chi connectivity index (χ4n) is 3.47. The highest BCUT2D eigenvalue weighted by atomic mass is 32.2. The van der Waals surface area contributed by atoms with Crippen molar-refractivity contribution in [1.29, 1.82) is 0 Å². The molecule has 1 N–H and O–H groups in total. The molecule has 2 atom stereocenters. The number of aryl methyl sites for hydroxylation is 1. The van der Waals surface area contributed by atoms with Gasteiger partial charge in [0.1, 0.15) is 18.2 Å². The lowest BCUT2D eigenvalue weighted by atomic mass is 9.98. The van der Waals surface area contributed by atoms with Crippen LogP contribution in [0.15, 0.2) is 53.4 Å². The lowest BCUT2D eigenvalue weighted by molar-refractivity contribution is -0.126. The smallest absolute Gasteiger partial charge is 0.243 e. The van der Waals surface area contributed by atoms with Gasteiger partial charge in [0.15, 0.2) is 0 Å². The minimum Gasteiger partial charge on any atom is -0.491 e. The van der Waals surface area contributed by atoms with Gasteiger partial charge in [0.2, 0.25) is 15.9 Å². The van der Waals surface area contributed by atoms with Gasteiger partial charge in [-0.25, -0.2) is 12.8 Å². The lowest BCUT2D eigenvalue weighted by Crippen LogP contribution is -2.48. The topological polar surface area (TPSA) is 75.7 Å². The molecule has 6 nitrogen and oxygen atoms in total. The number of nitrogens with zero attached hydrogens (tertiary/aromatic N) is 1. The number of halogens is 1. The van der Waals surface area contributed by atoms with Crippen LogP contribution in [0.1, 0.15) is 25.3 Å². The molecule has 1 amide bonds. The molecule has 1 aliphatic heterocycles. The van der Waals surface area contributed by atoms with Gasteiger partial charge in [0.25, 0.3) is 0 Å². The van der Waals surface area contributed by atoms with Crippen LogP contribution in [0.3, 0.4) is 0 Å². The number of carbonyl (C=O) groups excluding carboxylic acids is 1. The zero-order valence-corrected chi connectivity index (χ0v) is 18.0. The maximum absolute atomic E-state index is 13.1. The van der Waals surface area contributed by atoms with Crippen molar-refractivity contribution in [3.63, 3.8) is 0 Å². The summed E-state index contributed by atoms with van der Waals surface area (Å²) in [5.74, 6) is -0.343. The molecule has 30 heavy (non-hydrogen) atoms. The third-order valence-electron chi connectivity index (χ3n) is 5.18. The van der Waals surface area contributed by atoms with Crippen LogP contribution in [-0.4, -0.2) is 44.4 Å². The quantitative estimate of drug-likeness (QED) is 0.727. The summed E-state index contributed by atoms with van der Waals surface area (Å²) in [6.07, 6.45) is 1.21. The summed E-state index contributed by atoms with van der Waals surface area (Å²) in [5.41, 5.74) is 1.02. The molecular formula is C22H27FN2O4S. The van der Waals surface area contributed by atoms with Gasteiger partial charge in [-0.1, -0.05) is 18.2 Å². The Kier molecular flexibility index (Phi) is 7.10. The third-order valence-corrected chi connectivity index (χ3v) is 7.06. The average Bonchev–Trinajstić information content (AvgIpc) is 2.73. The number of rotatable bonds is 7. The predicted molar refractivity (Wildman–Crippen MR) is 112 cm³/mol. The Hall–Kier alpha value is -2.45. The van der Waals surface area contributed by atoms with Gasteiger partial charge in [-0.3, -0.25) is 4.79 Å². The highest BCUT2D eigenvalue weighted by Gasteiger charge is 2.33. The molecule has 0 spiro atoms. The molecule has 0 aliphatic carbocycles. The van der Waals surface area contributed by atoms with Crippen LogP contribution in [0, 0.1) is 18.7 Å². The second kappa shape index (κ2) is 9.57. The molecule has 1 fully saturated rings. The number of ether oxygens (including phenoxy) is 1. The van der Waals surface area contributed by atoms with Crippen molar-refractivity contribution in [2.45, 2.75) is 37.6 Å². The van der Waals surface area contributed by atoms with E-state index in [1.165, 1.54) is 16.4 Å². The van der Waals surface area contributed by atoms with E-state index < -0.39 is 21.8 Å². The minimum absolute atomic E-state index is 0.0324. The zero-order chi connectivity index (χ0) is 21.7. The van der Waals surface area contributed by atoms with E-state index in [2.05, 4.69) is 5.32 Å². The molecule has 1 aliphatic rings. The maximum atomic E-state index is 13.1. The van der Waals surface area contributed by atoms with Gasteiger partial charge in [0.05, 0.1) is 16.9 Å². The van der Waals surface area contributed by atoms with Crippen molar-refractivity contribution in [1.82, 2.24) is 9.62 Å². The Balaban J connectivity index is 1.57. The van der Waals surface area contributed by atoms with Gasteiger partial charge < -0.3 is 10.1 Å². The van der Waals surface area contributed by atoms with E-state index in [0.717, 1.165) is 23.4 Å². The predicted octanol–water partition coefficient (Wildman–Crippen LogP) is 3.12. The van der Waals surface area contributed by atoms with Gasteiger partial charge in [-0.2, -0.15) is 4.31 Å². The van der Waals surface area contributed by atoms with Crippen molar-refractivity contribution in [3.8, 4) is 5.75 Å². The molecule has 0 aromatic heterocycles. The van der Waals surface area contributed by atoms with Crippen molar-refractivity contribution in [2.24, 2.45) is 5.92 Å². The number of hydrogen-bond donors (Lipinski definition) is 1. The molecule has 1 heterocycles. The van der Waals surface area contributed by atoms with Crippen molar-refractivity contribution >= 4 is 15.9 Å². The van der Waals surface area contributed by atoms with Crippen LogP contribution < -0.4 is 10.1 Å². The number of hydrogen-bond acceptors (Lipinski definition) is 4. The summed E-state index contributed by atoms with van der Waals surface area (Å²) in [4.78, 5) is 12.7. The Morgan fingerprint density at radius 3 is 2.63 bits per heavy atom. The van der Waals surface area contributed by atoms with Crippen LogP contribution in [0.5, 0.6) is 5.75 Å². The molecule has 0 bridgehead atoms. The fourth-order valence-corrected chi connectivity index (χ4v) is 4.99. The SMILES string of the molecule is Cc1ccccc1OC[C@@H](C)NC(=O)[C@@H]1CCCN(S(=O)(=O)c2ccc(F)cc2)C1. The molecular weight excluding hydrogens is 407 g/mol. The van der Waals surface area contributed by atoms with Crippen molar-refractivity contribution in [2.75, 3.05) is 19.7 Å². The second-order valence-electron chi connectivity index (χ2n) is 7.64. The van der Waals surface area contributed by atoms with Gasteiger partial charge in [-0.05, 0) is 62.6 Å². The Morgan fingerprint density at radius 1 is 1.23 bits per heavy atom. The first-order valence-corrected chi connectivity index (χ1v) is 11.5. The first-order valence-electron chi connectivity index (χ1n) is 10.0. The van der Waals surface area contributed by atoms with Crippen LogP contribution >= 0.6 is 0 Å². The second-order valence-corrected chi connectivity index (χ2v) is 9.58. The molecule has 2 aromatic carbocycles. The van der Waals surface area contributed by atoms with Crippen LogP contribution in [-0.2, 0) is 14.8 Å². The molecule has 0 saturated carbocycles. The summed E-state index contributed by atoms with van der Waals surface area (Å²) < 4.78 is 45.9. The maximum Gasteiger partial charge on any atom is 0.243 e. The molecule has 1 saturated heterocycles. The summed E-state index contributed by atoms with van der Waals surface area (Å²) in [5, 5.41) is 2.92. The summed E-state index contributed by atoms with van der Waals surface area (Å²) in [6.45, 7) is 4.58. The summed E-state index contributed by atoms with van der Waals surface area (Å²) >= 11 is 0. The minimum atomic E-state index is -3.76. The van der Waals surface area contributed by atoms with E-state index in [1.807, 2.05) is 38.1 Å². The number of benzene rings is 2. The average molecular weight is 435 g/mol. The van der Waals surface area contributed by atoms with Gasteiger partial charge in [0, 0.05) is 13.1 Å². The largest absolute Gasteiger partial charge is 0.491 e. The Morgan fingerprint density at radius 2 is 1.93 bits per heavy atom. The number of sulfonamides is 1. The van der Waals surface area contributed by atoms with Crippen molar-refractivity contribution in [3.05, 3.63) is 59.9 Å². The molecule has 162 valence electrons. The van der Waals surface area contributed by atoms with E-state index in [1.54, 1.807) is 0 Å². The Bertz CT molecular complexity index is 979. The number of amides is 1. The number of nitrogens with one attached hydrogen (secondary N) is 1. The number of piperidine rings is 1. The van der Waals surface area contributed by atoms with Gasteiger partial charge in [-0.15, -0.1) is 0 Å². The molecule has 0 radical (unpaired) electrons. The summed E-state index contributed by atoms with van der Waals surface area (Å²) in [6, 6.07) is 12.2. The van der Waals surface area contributed by atoms with Gasteiger partial charge >= 0.3 is 0 Å². The van der Waals surface area contributed by atoms with E-state index in [9.17, 15) is 17.6 Å². The first-order chi connectivity index (χ1) is 14.3. The molecule has 3 rings (SSSR count). The number of carbonyl (C=O) groups is 1. The van der Waals surface area contributed by atoms with E-state index in [4.69, 9.17) is 4.74 Å². The highest BCUT2D eigenvalue weighted by molar-refractivity contribution is 7.89. The zero-order valence-electron chi connectivity index (χ0n) is 17.2. The number of para-hydroxylation sites is 1. The molecule has 2 aromatic rings. The summed E-state index contributed by atoms with van der Waals surface area (Å²) in [7, 11) is -3.76. The van der Waals surface area contributed by atoms with Crippen LogP contribution in [0.2, 0.25) is 0 Å². The monoisotopic (exact) mass is 434 g/mol. The van der Waals surface area contributed by atoms with E-state index in [0.29, 0.717) is 26.0 Å².